The largest absolute Gasteiger partial charge is 0.463 e. The Morgan fingerprint density at radius 3 is 2.77 bits per heavy atom. The highest BCUT2D eigenvalue weighted by Gasteiger charge is 2.17. The Balaban J connectivity index is 1.89. The van der Waals surface area contributed by atoms with Crippen molar-refractivity contribution in [3.63, 3.8) is 0 Å². The number of carbonyl (C=O) groups excluding carboxylic acids is 2. The average Bonchev–Trinajstić information content (AvgIpc) is 3.33. The molecular weight excluding hydrogens is 404 g/mol. The third-order valence-corrected chi connectivity index (χ3v) is 5.75. The van der Waals surface area contributed by atoms with Gasteiger partial charge in [-0.05, 0) is 38.3 Å². The van der Waals surface area contributed by atoms with Crippen LogP contribution in [0.4, 0.5) is 0 Å². The van der Waals surface area contributed by atoms with Crippen LogP contribution < -0.4 is 20.1 Å². The Labute approximate surface area is 178 Å². The summed E-state index contributed by atoms with van der Waals surface area (Å²) < 4.78 is 12.6. The molecular formula is C22H26N2O5S. The second-order valence-electron chi connectivity index (χ2n) is 7.09. The van der Waals surface area contributed by atoms with Gasteiger partial charge in [0.25, 0.3) is 5.56 Å². The zero-order valence-corrected chi connectivity index (χ0v) is 18.0. The molecule has 8 heteroatoms. The van der Waals surface area contributed by atoms with Crippen molar-refractivity contribution in [1.82, 2.24) is 9.88 Å². The molecule has 3 rings (SSSR count). The van der Waals surface area contributed by atoms with Crippen LogP contribution in [0, 0.1) is 6.92 Å². The van der Waals surface area contributed by atoms with E-state index in [2.05, 4.69) is 5.32 Å². The van der Waals surface area contributed by atoms with Crippen LogP contribution in [0.25, 0.3) is 12.2 Å². The number of esters is 1. The Morgan fingerprint density at radius 1 is 1.33 bits per heavy atom. The van der Waals surface area contributed by atoms with Crippen molar-refractivity contribution in [3.8, 4) is 0 Å². The number of aryl methyl sites for hydroxylation is 1. The lowest BCUT2D eigenvalue weighted by Gasteiger charge is -2.10. The quantitative estimate of drug-likeness (QED) is 0.653. The van der Waals surface area contributed by atoms with E-state index in [9.17, 15) is 14.4 Å². The van der Waals surface area contributed by atoms with Gasteiger partial charge in [0.1, 0.15) is 11.2 Å². The summed E-state index contributed by atoms with van der Waals surface area (Å²) in [7, 11) is 0. The van der Waals surface area contributed by atoms with Crippen molar-refractivity contribution in [3.05, 3.63) is 54.9 Å². The molecule has 0 saturated carbocycles. The van der Waals surface area contributed by atoms with Crippen LogP contribution in [0.1, 0.15) is 30.9 Å². The van der Waals surface area contributed by atoms with E-state index in [1.165, 1.54) is 10.6 Å². The standard InChI is InChI=1S/C22H26N2O5S/c1-3-28-21(26)12-20-24(14-19(25)23-13-17-5-4-10-29-17)22(27)18(30-20)11-16-8-6-15(2)7-9-16/h6-9,11-12,17H,3-5,10,13-14H2,1-2H3,(H,23,25)/b18-11+,20-12-/t17-/m0/s1. The Hall–Kier alpha value is -2.71. The Bertz CT molecular complexity index is 1060. The smallest absolute Gasteiger partial charge is 0.333 e. The van der Waals surface area contributed by atoms with Crippen molar-refractivity contribution < 1.29 is 19.1 Å². The molecule has 2 heterocycles. The molecule has 1 fully saturated rings. The maximum atomic E-state index is 13.0. The van der Waals surface area contributed by atoms with Crippen molar-refractivity contribution in [2.24, 2.45) is 0 Å². The van der Waals surface area contributed by atoms with Gasteiger partial charge in [-0.2, -0.15) is 0 Å². The van der Waals surface area contributed by atoms with E-state index in [1.54, 1.807) is 13.0 Å². The van der Waals surface area contributed by atoms with E-state index in [-0.39, 0.29) is 30.7 Å². The first kappa shape index (κ1) is 22.0. The number of ether oxygens (including phenoxy) is 2. The number of rotatable bonds is 7. The maximum Gasteiger partial charge on any atom is 0.333 e. The molecule has 0 bridgehead atoms. The molecule has 0 unspecified atom stereocenters. The molecule has 1 saturated heterocycles. The van der Waals surface area contributed by atoms with E-state index in [4.69, 9.17) is 9.47 Å². The fourth-order valence-electron chi connectivity index (χ4n) is 3.12. The third kappa shape index (κ3) is 5.90. The van der Waals surface area contributed by atoms with Gasteiger partial charge in [0.05, 0.1) is 23.3 Å². The molecule has 1 amide bonds. The minimum atomic E-state index is -0.547. The van der Waals surface area contributed by atoms with Crippen LogP contribution in [0.5, 0.6) is 0 Å². The summed E-state index contributed by atoms with van der Waals surface area (Å²) in [5, 5.41) is 2.81. The van der Waals surface area contributed by atoms with Gasteiger partial charge in [0.2, 0.25) is 5.91 Å². The van der Waals surface area contributed by atoms with Gasteiger partial charge >= 0.3 is 5.97 Å². The monoisotopic (exact) mass is 430 g/mol. The zero-order valence-electron chi connectivity index (χ0n) is 17.2. The lowest BCUT2D eigenvalue weighted by molar-refractivity contribution is -0.135. The highest BCUT2D eigenvalue weighted by atomic mass is 32.1. The third-order valence-electron chi connectivity index (χ3n) is 4.69. The van der Waals surface area contributed by atoms with E-state index < -0.39 is 5.97 Å². The minimum Gasteiger partial charge on any atom is -0.463 e. The van der Waals surface area contributed by atoms with Gasteiger partial charge in [-0.25, -0.2) is 4.79 Å². The van der Waals surface area contributed by atoms with Crippen LogP contribution in [0.2, 0.25) is 0 Å². The topological polar surface area (TPSA) is 86.6 Å². The van der Waals surface area contributed by atoms with E-state index >= 15 is 0 Å². The first-order chi connectivity index (χ1) is 14.5. The number of amides is 1. The lowest BCUT2D eigenvalue weighted by atomic mass is 10.1. The Kier molecular flexibility index (Phi) is 7.59. The van der Waals surface area contributed by atoms with E-state index in [1.807, 2.05) is 31.2 Å². The van der Waals surface area contributed by atoms with Gasteiger partial charge < -0.3 is 14.8 Å². The molecule has 1 aliphatic rings. The summed E-state index contributed by atoms with van der Waals surface area (Å²) >= 11 is 1.16. The van der Waals surface area contributed by atoms with Gasteiger partial charge in [-0.15, -0.1) is 11.3 Å². The van der Waals surface area contributed by atoms with Crippen LogP contribution in [0.15, 0.2) is 29.1 Å². The number of benzene rings is 1. The fourth-order valence-corrected chi connectivity index (χ4v) is 4.15. The molecule has 2 aromatic rings. The highest BCUT2D eigenvalue weighted by Crippen LogP contribution is 2.10. The summed E-state index contributed by atoms with van der Waals surface area (Å²) in [5.74, 6) is -0.847. The molecule has 0 aliphatic carbocycles. The first-order valence-corrected chi connectivity index (χ1v) is 10.8. The van der Waals surface area contributed by atoms with Crippen LogP contribution in [-0.2, 0) is 25.6 Å². The minimum absolute atomic E-state index is 0.0177. The summed E-state index contributed by atoms with van der Waals surface area (Å²) in [6.07, 6.45) is 4.94. The maximum absolute atomic E-state index is 13.0. The predicted octanol–water partition coefficient (Wildman–Crippen LogP) is 0.686. The van der Waals surface area contributed by atoms with Crippen molar-refractivity contribution >= 4 is 35.4 Å². The molecule has 0 radical (unpaired) electrons. The number of thiazole rings is 1. The fraction of sp³-hybridized carbons (Fsp3) is 0.409. The van der Waals surface area contributed by atoms with Crippen molar-refractivity contribution in [1.29, 1.82) is 0 Å². The van der Waals surface area contributed by atoms with Crippen LogP contribution in [-0.4, -0.2) is 42.3 Å². The van der Waals surface area contributed by atoms with Gasteiger partial charge in [-0.1, -0.05) is 29.8 Å². The number of hydrogen-bond donors (Lipinski definition) is 1. The number of carbonyl (C=O) groups is 2. The van der Waals surface area contributed by atoms with Gasteiger partial charge in [0.15, 0.2) is 0 Å². The predicted molar refractivity (Wildman–Crippen MR) is 116 cm³/mol. The van der Waals surface area contributed by atoms with Crippen LogP contribution in [0.3, 0.4) is 0 Å². The summed E-state index contributed by atoms with van der Waals surface area (Å²) in [4.78, 5) is 37.3. The SMILES string of the molecule is CCOC(=O)/C=c1\s/c(=C/c2ccc(C)cc2)c(=O)n1CC(=O)NC[C@@H]1CCCO1. The summed E-state index contributed by atoms with van der Waals surface area (Å²) in [5.41, 5.74) is 1.68. The molecule has 160 valence electrons. The second kappa shape index (κ2) is 10.4. The Morgan fingerprint density at radius 2 is 2.10 bits per heavy atom. The molecule has 1 aliphatic heterocycles. The normalized spacial score (nSPS) is 17.3. The number of nitrogens with one attached hydrogen (secondary N) is 1. The number of aromatic nitrogens is 1. The number of nitrogens with zero attached hydrogens (tertiary/aromatic N) is 1. The second-order valence-corrected chi connectivity index (χ2v) is 8.15. The van der Waals surface area contributed by atoms with Gasteiger partial charge in [0, 0.05) is 13.2 Å². The highest BCUT2D eigenvalue weighted by molar-refractivity contribution is 7.07. The molecule has 1 aromatic heterocycles. The van der Waals surface area contributed by atoms with Crippen molar-refractivity contribution in [2.75, 3.05) is 19.8 Å². The lowest BCUT2D eigenvalue weighted by Crippen LogP contribution is -2.40. The summed E-state index contributed by atoms with van der Waals surface area (Å²) in [6, 6.07) is 7.76. The molecule has 1 aromatic carbocycles. The molecule has 0 spiro atoms. The van der Waals surface area contributed by atoms with Crippen molar-refractivity contribution in [2.45, 2.75) is 39.3 Å². The first-order valence-electron chi connectivity index (χ1n) is 10.0. The zero-order chi connectivity index (χ0) is 21.5. The molecule has 1 N–H and O–H groups in total. The average molecular weight is 431 g/mol. The van der Waals surface area contributed by atoms with Crippen LogP contribution >= 0.6 is 11.3 Å². The molecule has 7 nitrogen and oxygen atoms in total. The number of hydrogen-bond acceptors (Lipinski definition) is 6. The summed E-state index contributed by atoms with van der Waals surface area (Å²) in [6.45, 7) is 4.88. The molecule has 1 atom stereocenters. The van der Waals surface area contributed by atoms with E-state index in [0.29, 0.717) is 22.3 Å². The van der Waals surface area contributed by atoms with E-state index in [0.717, 1.165) is 35.3 Å². The van der Waals surface area contributed by atoms with Gasteiger partial charge in [-0.3, -0.25) is 14.2 Å². The molecule has 30 heavy (non-hydrogen) atoms.